The third-order valence-electron chi connectivity index (χ3n) is 13.2. The fourth-order valence-electron chi connectivity index (χ4n) is 10.3. The molecule has 54 heavy (non-hydrogen) atoms. The number of benzene rings is 5. The minimum absolute atomic E-state index is 0.00385. The Hall–Kier alpha value is -5.46. The van der Waals surface area contributed by atoms with Crippen molar-refractivity contribution < 1.29 is 0 Å². The Morgan fingerprint density at radius 1 is 0.537 bits per heavy atom. The molecule has 0 spiro atoms. The third kappa shape index (κ3) is 5.25. The van der Waals surface area contributed by atoms with Crippen molar-refractivity contribution in [3.05, 3.63) is 202 Å². The zero-order valence-corrected chi connectivity index (χ0v) is 32.0. The summed E-state index contributed by atoms with van der Waals surface area (Å²) in [5.74, 6) is 0.754. The van der Waals surface area contributed by atoms with Gasteiger partial charge < -0.3 is 0 Å². The van der Waals surface area contributed by atoms with E-state index in [0.717, 1.165) is 25.7 Å². The Bertz CT molecular complexity index is 2530. The predicted molar refractivity (Wildman–Crippen MR) is 230 cm³/mol. The maximum atomic E-state index is 2.50. The highest BCUT2D eigenvalue weighted by Gasteiger charge is 2.44. The van der Waals surface area contributed by atoms with Crippen LogP contribution in [0, 0.1) is 0 Å². The molecule has 5 aliphatic carbocycles. The first-order chi connectivity index (χ1) is 26.3. The number of allylic oxidation sites excluding steroid dienone is 12. The van der Waals surface area contributed by atoms with Crippen LogP contribution >= 0.6 is 0 Å². The smallest absolute Gasteiger partial charge is 0.0149 e. The first-order valence-electron chi connectivity index (χ1n) is 20.0. The van der Waals surface area contributed by atoms with Crippen LogP contribution in [0.15, 0.2) is 169 Å². The molecule has 0 saturated heterocycles. The largest absolute Gasteiger partial charge is 0.0836 e. The Kier molecular flexibility index (Phi) is 7.71. The first-order valence-corrected chi connectivity index (χ1v) is 20.0. The van der Waals surface area contributed by atoms with Crippen LogP contribution in [-0.4, -0.2) is 0 Å². The van der Waals surface area contributed by atoms with E-state index in [0.29, 0.717) is 11.8 Å². The average Bonchev–Trinajstić information content (AvgIpc) is 3.23. The molecule has 0 bridgehead atoms. The normalized spacial score (nSPS) is 21.3. The molecule has 0 saturated carbocycles. The van der Waals surface area contributed by atoms with Gasteiger partial charge in [-0.1, -0.05) is 173 Å². The minimum Gasteiger partial charge on any atom is -0.0836 e. The average molecular weight is 697 g/mol. The minimum atomic E-state index is -0.00385. The molecular formula is C54H48. The van der Waals surface area contributed by atoms with E-state index in [1.807, 2.05) is 0 Å². The van der Waals surface area contributed by atoms with E-state index >= 15 is 0 Å². The molecule has 10 rings (SSSR count). The summed E-state index contributed by atoms with van der Waals surface area (Å²) < 4.78 is 0. The van der Waals surface area contributed by atoms with Gasteiger partial charge in [0.1, 0.15) is 0 Å². The third-order valence-corrected chi connectivity index (χ3v) is 13.2. The molecule has 2 unspecified atom stereocenters. The highest BCUT2D eigenvalue weighted by atomic mass is 14.5. The number of fused-ring (bicyclic) bond motifs is 8. The maximum absolute atomic E-state index is 2.50. The number of hydrogen-bond donors (Lipinski definition) is 0. The fraction of sp³-hybridized carbons (Fsp3) is 0.222. The molecule has 0 heterocycles. The van der Waals surface area contributed by atoms with Crippen LogP contribution in [-0.2, 0) is 10.8 Å². The van der Waals surface area contributed by atoms with Crippen LogP contribution in [0.25, 0.3) is 44.5 Å². The lowest BCUT2D eigenvalue weighted by Gasteiger charge is -2.47. The van der Waals surface area contributed by atoms with Crippen LogP contribution < -0.4 is 0 Å². The van der Waals surface area contributed by atoms with Gasteiger partial charge in [0.15, 0.2) is 0 Å². The van der Waals surface area contributed by atoms with Crippen LogP contribution in [0.2, 0.25) is 0 Å². The number of rotatable bonds is 4. The molecular weight excluding hydrogens is 649 g/mol. The van der Waals surface area contributed by atoms with Crippen molar-refractivity contribution in [3.63, 3.8) is 0 Å². The molecule has 264 valence electrons. The maximum Gasteiger partial charge on any atom is 0.0149 e. The van der Waals surface area contributed by atoms with E-state index in [1.165, 1.54) is 89.1 Å². The summed E-state index contributed by atoms with van der Waals surface area (Å²) >= 11 is 0. The molecule has 0 N–H and O–H groups in total. The van der Waals surface area contributed by atoms with Gasteiger partial charge in [-0.3, -0.25) is 0 Å². The summed E-state index contributed by atoms with van der Waals surface area (Å²) in [7, 11) is 0. The Morgan fingerprint density at radius 2 is 1.22 bits per heavy atom. The number of hydrogen-bond acceptors (Lipinski definition) is 0. The molecule has 0 aromatic heterocycles. The van der Waals surface area contributed by atoms with E-state index in [-0.39, 0.29) is 10.8 Å². The van der Waals surface area contributed by atoms with E-state index in [1.54, 1.807) is 0 Å². The monoisotopic (exact) mass is 696 g/mol. The fourth-order valence-corrected chi connectivity index (χ4v) is 10.3. The van der Waals surface area contributed by atoms with E-state index in [9.17, 15) is 0 Å². The van der Waals surface area contributed by atoms with E-state index in [4.69, 9.17) is 0 Å². The Labute approximate surface area is 321 Å². The van der Waals surface area contributed by atoms with Gasteiger partial charge in [0.25, 0.3) is 0 Å². The molecule has 0 heteroatoms. The van der Waals surface area contributed by atoms with Gasteiger partial charge in [0.2, 0.25) is 0 Å². The predicted octanol–water partition coefficient (Wildman–Crippen LogP) is 14.5. The van der Waals surface area contributed by atoms with Crippen molar-refractivity contribution in [1.82, 2.24) is 0 Å². The quantitative estimate of drug-likeness (QED) is 0.175. The zero-order chi connectivity index (χ0) is 36.6. The standard InChI is InChI=1S/C54H48/c1-53(2)49-21-9-10-22-50(49)54(3,4)52-34-42(28-30-51(52)53)36-25-23-35(24-26-36)37-13-11-14-38(31-37)39-15-12-16-40(32-39)41-27-29-47-45-19-6-5-17-43(45)44-18-7-8-20-46(44)48(47)33-41/h5-8,11-14,16-19,21-34,39,46H,9-10,15,20H2,1-4H3. The van der Waals surface area contributed by atoms with Crippen molar-refractivity contribution in [2.24, 2.45) is 0 Å². The molecule has 0 nitrogen and oxygen atoms in total. The Morgan fingerprint density at radius 3 is 2.00 bits per heavy atom. The van der Waals surface area contributed by atoms with Gasteiger partial charge in [-0.05, 0) is 127 Å². The second kappa shape index (κ2) is 12.6. The van der Waals surface area contributed by atoms with Crippen molar-refractivity contribution in [2.75, 3.05) is 0 Å². The molecule has 0 fully saturated rings. The summed E-state index contributed by atoms with van der Waals surface area (Å²) in [6.45, 7) is 9.64. The van der Waals surface area contributed by atoms with Gasteiger partial charge in [-0.2, -0.15) is 0 Å². The highest BCUT2D eigenvalue weighted by molar-refractivity contribution is 5.93. The molecule has 2 atom stereocenters. The lowest BCUT2D eigenvalue weighted by atomic mass is 9.56. The summed E-state index contributed by atoms with van der Waals surface area (Å²) in [5, 5.41) is 0. The summed E-state index contributed by atoms with van der Waals surface area (Å²) in [6, 6.07) is 41.8. The van der Waals surface area contributed by atoms with Gasteiger partial charge >= 0.3 is 0 Å². The van der Waals surface area contributed by atoms with Crippen LogP contribution in [0.4, 0.5) is 0 Å². The molecule has 0 radical (unpaired) electrons. The second-order valence-electron chi connectivity index (χ2n) is 17.1. The molecule has 5 aliphatic rings. The van der Waals surface area contributed by atoms with Crippen molar-refractivity contribution >= 4 is 11.1 Å². The van der Waals surface area contributed by atoms with Crippen molar-refractivity contribution in [1.29, 1.82) is 0 Å². The van der Waals surface area contributed by atoms with Crippen molar-refractivity contribution in [3.8, 4) is 33.4 Å². The Balaban J connectivity index is 0.929. The van der Waals surface area contributed by atoms with Crippen LogP contribution in [0.3, 0.4) is 0 Å². The lowest BCUT2D eigenvalue weighted by Crippen LogP contribution is -2.39. The zero-order valence-electron chi connectivity index (χ0n) is 32.0. The molecule has 0 aliphatic heterocycles. The molecule has 5 aromatic carbocycles. The van der Waals surface area contributed by atoms with Gasteiger partial charge in [-0.15, -0.1) is 0 Å². The summed E-state index contributed by atoms with van der Waals surface area (Å²) in [6.07, 6.45) is 23.5. The molecule has 5 aromatic rings. The first kappa shape index (κ1) is 33.1. The van der Waals surface area contributed by atoms with Crippen LogP contribution in [0.1, 0.15) is 98.6 Å². The summed E-state index contributed by atoms with van der Waals surface area (Å²) in [5.41, 5.74) is 22.2. The van der Waals surface area contributed by atoms with Crippen molar-refractivity contribution in [2.45, 2.75) is 76.0 Å². The van der Waals surface area contributed by atoms with Gasteiger partial charge in [-0.25, -0.2) is 0 Å². The van der Waals surface area contributed by atoms with E-state index in [2.05, 4.69) is 185 Å². The van der Waals surface area contributed by atoms with E-state index < -0.39 is 0 Å². The SMILES string of the molecule is CC1(C)C2=CCCC=C2C(C)(C)c2cc(-c3ccc(-c4cccc(C5C=C(c6ccc7c(c6)C6CC=CC=C6c6ccccc6-7)C=CC5)c4)cc3)ccc21. The second-order valence-corrected chi connectivity index (χ2v) is 17.1. The van der Waals surface area contributed by atoms with Gasteiger partial charge in [0.05, 0.1) is 0 Å². The molecule has 0 amide bonds. The lowest BCUT2D eigenvalue weighted by molar-refractivity contribution is 0.498. The highest BCUT2D eigenvalue weighted by Crippen LogP contribution is 2.54. The summed E-state index contributed by atoms with van der Waals surface area (Å²) in [4.78, 5) is 0. The topological polar surface area (TPSA) is 0 Å². The van der Waals surface area contributed by atoms with Gasteiger partial charge in [0, 0.05) is 22.7 Å². The van der Waals surface area contributed by atoms with Crippen LogP contribution in [0.5, 0.6) is 0 Å².